The normalized spacial score (nSPS) is 10.5. The third kappa shape index (κ3) is 25.2. The van der Waals surface area contributed by atoms with Gasteiger partial charge in [-0.1, -0.05) is 49.6 Å². The third-order valence-electron chi connectivity index (χ3n) is 9.92. The smallest absolute Gasteiger partial charge is 0.465 e. The summed E-state index contributed by atoms with van der Waals surface area (Å²) in [5, 5.41) is 0. The maximum Gasteiger partial charge on any atom is 0.508 e. The zero-order valence-electron chi connectivity index (χ0n) is 37.6. The molecular formula is C49H66O15. The van der Waals surface area contributed by atoms with Crippen LogP contribution in [0.15, 0.2) is 61.7 Å². The molecule has 0 aromatic heterocycles. The molecule has 0 heterocycles. The number of hydrogen-bond acceptors (Lipinski definition) is 15. The highest BCUT2D eigenvalue weighted by Gasteiger charge is 2.15. The summed E-state index contributed by atoms with van der Waals surface area (Å²) in [6.07, 6.45) is 9.92. The second-order valence-electron chi connectivity index (χ2n) is 14.9. The summed E-state index contributed by atoms with van der Waals surface area (Å²) in [5.41, 5.74) is 4.79. The summed E-state index contributed by atoms with van der Waals surface area (Å²) in [6, 6.07) is 10.9. The lowest BCUT2D eigenvalue weighted by atomic mass is 9.98. The standard InChI is InChI=1S/C49H66O15/c1-5-43(50)57-27-15-17-29-61-47(54)35-41-23-19-21-39(37(41)3)33-45(52)59-25-11-7-9-13-31-63-49(56)64-32-14-10-8-12-26-60-46(53)34-40-22-20-24-42(38(40)4)36-48(55)62-30-18-16-28-58-44(51)6-2/h5-6,19-24H,1-2,7-18,25-36H2,3-4H3. The molecule has 64 heavy (non-hydrogen) atoms. The van der Waals surface area contributed by atoms with Gasteiger partial charge in [0.15, 0.2) is 0 Å². The number of unbranched alkanes of at least 4 members (excludes halogenated alkanes) is 8. The van der Waals surface area contributed by atoms with Crippen LogP contribution in [0.1, 0.15) is 110 Å². The van der Waals surface area contributed by atoms with Crippen LogP contribution in [0.4, 0.5) is 4.79 Å². The van der Waals surface area contributed by atoms with Gasteiger partial charge in [-0.3, -0.25) is 19.2 Å². The Balaban J connectivity index is 1.45. The number of rotatable bonds is 34. The van der Waals surface area contributed by atoms with Crippen molar-refractivity contribution in [2.75, 3.05) is 52.9 Å². The number of benzene rings is 2. The molecule has 352 valence electrons. The Kier molecular flexibility index (Phi) is 28.4. The van der Waals surface area contributed by atoms with Crippen LogP contribution in [0.3, 0.4) is 0 Å². The first-order valence-electron chi connectivity index (χ1n) is 22.1. The van der Waals surface area contributed by atoms with Gasteiger partial charge in [-0.2, -0.15) is 0 Å². The average Bonchev–Trinajstić information content (AvgIpc) is 3.27. The van der Waals surface area contributed by atoms with E-state index in [0.29, 0.717) is 51.4 Å². The zero-order chi connectivity index (χ0) is 46.8. The molecule has 15 heteroatoms. The van der Waals surface area contributed by atoms with Gasteiger partial charge in [0.1, 0.15) is 0 Å². The number of hydrogen-bond donors (Lipinski definition) is 0. The van der Waals surface area contributed by atoms with E-state index in [1.54, 1.807) is 12.1 Å². The van der Waals surface area contributed by atoms with Crippen molar-refractivity contribution < 1.29 is 71.5 Å². The van der Waals surface area contributed by atoms with E-state index in [2.05, 4.69) is 13.2 Å². The van der Waals surface area contributed by atoms with Crippen LogP contribution in [-0.2, 0) is 92.3 Å². The predicted octanol–water partition coefficient (Wildman–Crippen LogP) is 7.64. The van der Waals surface area contributed by atoms with Crippen molar-refractivity contribution in [3.05, 3.63) is 95.1 Å². The van der Waals surface area contributed by atoms with E-state index >= 15 is 0 Å². The van der Waals surface area contributed by atoms with Crippen LogP contribution < -0.4 is 0 Å². The van der Waals surface area contributed by atoms with Crippen molar-refractivity contribution in [1.29, 1.82) is 0 Å². The Hall–Kier alpha value is -5.99. The first-order chi connectivity index (χ1) is 30.9. The molecule has 0 aliphatic heterocycles. The van der Waals surface area contributed by atoms with Crippen LogP contribution in [0, 0.1) is 13.8 Å². The molecule has 0 spiro atoms. The monoisotopic (exact) mass is 894 g/mol. The molecule has 0 aliphatic rings. The van der Waals surface area contributed by atoms with E-state index in [9.17, 15) is 33.6 Å². The maximum atomic E-state index is 12.5. The van der Waals surface area contributed by atoms with E-state index in [0.717, 1.165) is 71.2 Å². The summed E-state index contributed by atoms with van der Waals surface area (Å²) in [6.45, 7) is 12.3. The van der Waals surface area contributed by atoms with E-state index in [4.69, 9.17) is 37.9 Å². The van der Waals surface area contributed by atoms with Gasteiger partial charge < -0.3 is 37.9 Å². The Labute approximate surface area is 377 Å². The van der Waals surface area contributed by atoms with Gasteiger partial charge in [0.25, 0.3) is 0 Å². The molecule has 0 radical (unpaired) electrons. The third-order valence-corrected chi connectivity index (χ3v) is 9.92. The number of carbonyl (C=O) groups is 7. The highest BCUT2D eigenvalue weighted by Crippen LogP contribution is 2.18. The van der Waals surface area contributed by atoms with Crippen molar-refractivity contribution in [1.82, 2.24) is 0 Å². The van der Waals surface area contributed by atoms with Crippen LogP contribution in [0.2, 0.25) is 0 Å². The summed E-state index contributed by atoms with van der Waals surface area (Å²) >= 11 is 0. The van der Waals surface area contributed by atoms with Gasteiger partial charge >= 0.3 is 42.0 Å². The van der Waals surface area contributed by atoms with Gasteiger partial charge in [0, 0.05) is 12.2 Å². The zero-order valence-corrected chi connectivity index (χ0v) is 37.6. The van der Waals surface area contributed by atoms with Gasteiger partial charge in [0.2, 0.25) is 0 Å². The Bertz CT molecular complexity index is 1670. The predicted molar refractivity (Wildman–Crippen MR) is 236 cm³/mol. The average molecular weight is 895 g/mol. The highest BCUT2D eigenvalue weighted by molar-refractivity contribution is 5.81. The minimum atomic E-state index is -0.711. The fourth-order valence-electron chi connectivity index (χ4n) is 6.15. The summed E-state index contributed by atoms with van der Waals surface area (Å²) < 4.78 is 41.5. The first kappa shape index (κ1) is 54.1. The van der Waals surface area contributed by atoms with Crippen molar-refractivity contribution in [3.8, 4) is 0 Å². The largest absolute Gasteiger partial charge is 0.508 e. The van der Waals surface area contributed by atoms with Crippen LogP contribution in [0.25, 0.3) is 0 Å². The lowest BCUT2D eigenvalue weighted by Gasteiger charge is -2.12. The van der Waals surface area contributed by atoms with E-state index in [1.807, 2.05) is 38.1 Å². The maximum absolute atomic E-state index is 12.5. The summed E-state index contributed by atoms with van der Waals surface area (Å²) in [4.78, 5) is 83.6. The Morgan fingerprint density at radius 1 is 0.375 bits per heavy atom. The van der Waals surface area contributed by atoms with Crippen molar-refractivity contribution in [3.63, 3.8) is 0 Å². The highest BCUT2D eigenvalue weighted by atomic mass is 16.7. The molecule has 0 saturated heterocycles. The molecule has 2 aromatic rings. The summed E-state index contributed by atoms with van der Waals surface area (Å²) in [5.74, 6) is -2.43. The minimum absolute atomic E-state index is 0.0818. The molecule has 0 bridgehead atoms. The fourth-order valence-corrected chi connectivity index (χ4v) is 6.15. The SMILES string of the molecule is C=CC(=O)OCCCCOC(=O)Cc1cccc(CC(=O)OCCCCCCOC(=O)OCCCCCCOC(=O)Cc2cccc(CC(=O)OCCCCOC(=O)C=C)c2C)c1C. The Morgan fingerprint density at radius 2 is 0.609 bits per heavy atom. The molecule has 0 unspecified atom stereocenters. The molecule has 0 N–H and O–H groups in total. The number of carbonyl (C=O) groups excluding carboxylic acids is 7. The second kappa shape index (κ2) is 33.6. The number of ether oxygens (including phenoxy) is 8. The van der Waals surface area contributed by atoms with Gasteiger partial charge in [-0.25, -0.2) is 14.4 Å². The summed E-state index contributed by atoms with van der Waals surface area (Å²) in [7, 11) is 0. The number of esters is 6. The quantitative estimate of drug-likeness (QED) is 0.0288. The van der Waals surface area contributed by atoms with Crippen molar-refractivity contribution in [2.45, 2.75) is 117 Å². The molecule has 0 fully saturated rings. The fraction of sp³-hybridized carbons (Fsp3) is 0.531. The second-order valence-corrected chi connectivity index (χ2v) is 14.9. The molecule has 0 saturated carbocycles. The molecule has 0 aliphatic carbocycles. The van der Waals surface area contributed by atoms with Crippen LogP contribution in [0.5, 0.6) is 0 Å². The molecule has 15 nitrogen and oxygen atoms in total. The minimum Gasteiger partial charge on any atom is -0.465 e. The lowest BCUT2D eigenvalue weighted by Crippen LogP contribution is -2.13. The topological polar surface area (TPSA) is 193 Å². The van der Waals surface area contributed by atoms with Crippen LogP contribution >= 0.6 is 0 Å². The van der Waals surface area contributed by atoms with Gasteiger partial charge in [0.05, 0.1) is 78.5 Å². The van der Waals surface area contributed by atoms with E-state index in [-0.39, 0.29) is 102 Å². The molecule has 0 amide bonds. The van der Waals surface area contributed by atoms with Gasteiger partial charge in [-0.05, 0) is 124 Å². The van der Waals surface area contributed by atoms with Crippen molar-refractivity contribution in [2.24, 2.45) is 0 Å². The lowest BCUT2D eigenvalue weighted by molar-refractivity contribution is -0.144. The molecule has 0 atom stereocenters. The van der Waals surface area contributed by atoms with Gasteiger partial charge in [-0.15, -0.1) is 0 Å². The molecule has 2 aromatic carbocycles. The van der Waals surface area contributed by atoms with Crippen molar-refractivity contribution >= 4 is 42.0 Å². The Morgan fingerprint density at radius 3 is 0.875 bits per heavy atom. The molecular weight excluding hydrogens is 829 g/mol. The van der Waals surface area contributed by atoms with E-state index in [1.165, 1.54) is 0 Å². The van der Waals surface area contributed by atoms with E-state index < -0.39 is 18.1 Å². The first-order valence-corrected chi connectivity index (χ1v) is 22.1. The van der Waals surface area contributed by atoms with Crippen LogP contribution in [-0.4, -0.2) is 94.8 Å². The molecule has 2 rings (SSSR count).